The van der Waals surface area contributed by atoms with Crippen LogP contribution in [0.4, 0.5) is 11.4 Å². The van der Waals surface area contributed by atoms with E-state index in [0.717, 1.165) is 0 Å². The molecule has 0 heterocycles. The Kier molecular flexibility index (Phi) is 2.97. The van der Waals surface area contributed by atoms with Crippen molar-refractivity contribution in [2.75, 3.05) is 18.2 Å². The normalized spacial score (nSPS) is 12.2. The van der Waals surface area contributed by atoms with Gasteiger partial charge in [-0.05, 0) is 25.1 Å². The first-order valence-corrected chi connectivity index (χ1v) is 4.01. The number of hydrogen-bond acceptors (Lipinski definition) is 4. The third-order valence-electron chi connectivity index (χ3n) is 1.59. The maximum Gasteiger partial charge on any atom is 0.142 e. The number of aliphatic hydroxyl groups excluding tert-OH is 1. The molecule has 0 amide bonds. The van der Waals surface area contributed by atoms with Gasteiger partial charge < -0.3 is 20.9 Å². The minimum absolute atomic E-state index is 0.629. The van der Waals surface area contributed by atoms with E-state index < -0.39 is 6.23 Å². The molecular weight excluding hydrogens is 168 g/mol. The Labute approximate surface area is 77.3 Å². The monoisotopic (exact) mass is 182 g/mol. The van der Waals surface area contributed by atoms with E-state index in [-0.39, 0.29) is 0 Å². The van der Waals surface area contributed by atoms with E-state index in [0.29, 0.717) is 17.1 Å². The molecular formula is C9H14N2O2. The third kappa shape index (κ3) is 2.52. The van der Waals surface area contributed by atoms with Crippen molar-refractivity contribution in [1.82, 2.24) is 0 Å². The highest BCUT2D eigenvalue weighted by Gasteiger charge is 2.04. The molecule has 0 aliphatic carbocycles. The fourth-order valence-corrected chi connectivity index (χ4v) is 1.06. The molecule has 1 unspecified atom stereocenters. The van der Waals surface area contributed by atoms with Gasteiger partial charge in [0.25, 0.3) is 0 Å². The lowest BCUT2D eigenvalue weighted by molar-refractivity contribution is 0.224. The van der Waals surface area contributed by atoms with Gasteiger partial charge >= 0.3 is 0 Å². The number of hydrogen-bond donors (Lipinski definition) is 3. The summed E-state index contributed by atoms with van der Waals surface area (Å²) in [6.45, 7) is 1.63. The number of rotatable bonds is 3. The van der Waals surface area contributed by atoms with E-state index in [1.165, 1.54) is 0 Å². The number of ether oxygens (including phenoxy) is 1. The van der Waals surface area contributed by atoms with E-state index >= 15 is 0 Å². The first-order valence-electron chi connectivity index (χ1n) is 4.01. The van der Waals surface area contributed by atoms with Gasteiger partial charge in [0.15, 0.2) is 0 Å². The molecule has 4 nitrogen and oxygen atoms in total. The smallest absolute Gasteiger partial charge is 0.142 e. The number of aliphatic hydroxyl groups is 1. The Bertz CT molecular complexity index is 287. The van der Waals surface area contributed by atoms with Crippen LogP contribution in [-0.2, 0) is 0 Å². The Balaban J connectivity index is 2.94. The zero-order valence-electron chi connectivity index (χ0n) is 7.74. The second-order valence-corrected chi connectivity index (χ2v) is 2.78. The van der Waals surface area contributed by atoms with Crippen LogP contribution < -0.4 is 15.8 Å². The predicted octanol–water partition coefficient (Wildman–Crippen LogP) is 1.03. The molecule has 1 atom stereocenters. The van der Waals surface area contributed by atoms with E-state index in [4.69, 9.17) is 15.6 Å². The topological polar surface area (TPSA) is 67.5 Å². The summed E-state index contributed by atoms with van der Waals surface area (Å²) in [7, 11) is 1.57. The molecule has 1 rings (SSSR count). The van der Waals surface area contributed by atoms with Gasteiger partial charge in [0.2, 0.25) is 0 Å². The Hall–Kier alpha value is -1.42. The quantitative estimate of drug-likeness (QED) is 0.482. The van der Waals surface area contributed by atoms with Gasteiger partial charge in [0, 0.05) is 5.69 Å². The van der Waals surface area contributed by atoms with Crippen LogP contribution in [-0.4, -0.2) is 18.4 Å². The third-order valence-corrected chi connectivity index (χ3v) is 1.59. The molecule has 13 heavy (non-hydrogen) atoms. The molecule has 0 spiro atoms. The summed E-state index contributed by atoms with van der Waals surface area (Å²) in [5.41, 5.74) is 6.90. The van der Waals surface area contributed by atoms with Crippen molar-refractivity contribution in [3.05, 3.63) is 18.2 Å². The fourth-order valence-electron chi connectivity index (χ4n) is 1.06. The second-order valence-electron chi connectivity index (χ2n) is 2.78. The van der Waals surface area contributed by atoms with Gasteiger partial charge in [0.1, 0.15) is 12.0 Å². The van der Waals surface area contributed by atoms with Crippen LogP contribution in [0.3, 0.4) is 0 Å². The first-order chi connectivity index (χ1) is 6.13. The van der Waals surface area contributed by atoms with Crippen molar-refractivity contribution in [3.8, 4) is 5.75 Å². The molecule has 0 saturated heterocycles. The Morgan fingerprint density at radius 2 is 2.23 bits per heavy atom. The molecule has 4 N–H and O–H groups in total. The SMILES string of the molecule is COc1ccc(N)cc1NC(C)O. The van der Waals surface area contributed by atoms with Crippen LogP contribution in [0.1, 0.15) is 6.92 Å². The molecule has 0 aliphatic rings. The van der Waals surface area contributed by atoms with Gasteiger partial charge in [-0.15, -0.1) is 0 Å². The van der Waals surface area contributed by atoms with Crippen molar-refractivity contribution < 1.29 is 9.84 Å². The molecule has 0 aromatic heterocycles. The molecule has 0 bridgehead atoms. The number of methoxy groups -OCH3 is 1. The average Bonchev–Trinajstić information content (AvgIpc) is 2.03. The van der Waals surface area contributed by atoms with E-state index in [9.17, 15) is 0 Å². The maximum absolute atomic E-state index is 9.11. The minimum atomic E-state index is -0.629. The predicted molar refractivity (Wildman–Crippen MR) is 52.7 cm³/mol. The van der Waals surface area contributed by atoms with E-state index in [1.54, 1.807) is 32.2 Å². The Morgan fingerprint density at radius 1 is 1.54 bits per heavy atom. The molecule has 0 radical (unpaired) electrons. The molecule has 1 aromatic rings. The summed E-state index contributed by atoms with van der Waals surface area (Å²) < 4.78 is 5.07. The van der Waals surface area contributed by atoms with Crippen molar-refractivity contribution >= 4 is 11.4 Å². The van der Waals surface area contributed by atoms with Crippen LogP contribution in [0.2, 0.25) is 0 Å². The first kappa shape index (κ1) is 9.67. The largest absolute Gasteiger partial charge is 0.495 e. The maximum atomic E-state index is 9.11. The van der Waals surface area contributed by atoms with Crippen LogP contribution in [0.25, 0.3) is 0 Å². The van der Waals surface area contributed by atoms with Gasteiger partial charge in [0.05, 0.1) is 12.8 Å². The van der Waals surface area contributed by atoms with Gasteiger partial charge in [-0.25, -0.2) is 0 Å². The number of anilines is 2. The second kappa shape index (κ2) is 4.00. The zero-order chi connectivity index (χ0) is 9.84. The highest BCUT2D eigenvalue weighted by molar-refractivity contribution is 5.63. The summed E-state index contributed by atoms with van der Waals surface area (Å²) in [4.78, 5) is 0. The van der Waals surface area contributed by atoms with Crippen LogP contribution in [0.5, 0.6) is 5.75 Å². The number of nitrogens with one attached hydrogen (secondary N) is 1. The van der Waals surface area contributed by atoms with Crippen LogP contribution >= 0.6 is 0 Å². The minimum Gasteiger partial charge on any atom is -0.495 e. The van der Waals surface area contributed by atoms with Crippen molar-refractivity contribution in [2.45, 2.75) is 13.2 Å². The van der Waals surface area contributed by atoms with Gasteiger partial charge in [-0.3, -0.25) is 0 Å². The standard InChI is InChI=1S/C9H14N2O2/c1-6(12)11-8-5-7(10)3-4-9(8)13-2/h3-6,11-12H,10H2,1-2H3. The van der Waals surface area contributed by atoms with Crippen molar-refractivity contribution in [3.63, 3.8) is 0 Å². The molecule has 0 fully saturated rings. The number of benzene rings is 1. The molecule has 0 aliphatic heterocycles. The summed E-state index contributed by atoms with van der Waals surface area (Å²) in [6.07, 6.45) is -0.629. The number of nitrogen functional groups attached to an aromatic ring is 1. The highest BCUT2D eigenvalue weighted by atomic mass is 16.5. The van der Waals surface area contributed by atoms with E-state index in [1.807, 2.05) is 0 Å². The summed E-state index contributed by atoms with van der Waals surface area (Å²) in [5.74, 6) is 0.662. The summed E-state index contributed by atoms with van der Waals surface area (Å²) >= 11 is 0. The number of nitrogens with two attached hydrogens (primary N) is 1. The van der Waals surface area contributed by atoms with Gasteiger partial charge in [-0.2, -0.15) is 0 Å². The lowest BCUT2D eigenvalue weighted by Crippen LogP contribution is -2.14. The summed E-state index contributed by atoms with van der Waals surface area (Å²) in [6, 6.07) is 5.21. The van der Waals surface area contributed by atoms with E-state index in [2.05, 4.69) is 5.32 Å². The van der Waals surface area contributed by atoms with Crippen LogP contribution in [0.15, 0.2) is 18.2 Å². The van der Waals surface area contributed by atoms with Crippen molar-refractivity contribution in [2.24, 2.45) is 0 Å². The molecule has 1 aromatic carbocycles. The average molecular weight is 182 g/mol. The van der Waals surface area contributed by atoms with Crippen molar-refractivity contribution in [1.29, 1.82) is 0 Å². The van der Waals surface area contributed by atoms with Crippen LogP contribution in [0, 0.1) is 0 Å². The molecule has 4 heteroatoms. The molecule has 72 valence electrons. The highest BCUT2D eigenvalue weighted by Crippen LogP contribution is 2.26. The summed E-state index contributed by atoms with van der Waals surface area (Å²) in [5, 5.41) is 11.9. The van der Waals surface area contributed by atoms with Gasteiger partial charge in [-0.1, -0.05) is 0 Å². The lowest BCUT2D eigenvalue weighted by atomic mass is 10.2. The fraction of sp³-hybridized carbons (Fsp3) is 0.333. The Morgan fingerprint density at radius 3 is 2.77 bits per heavy atom. The lowest BCUT2D eigenvalue weighted by Gasteiger charge is -2.13. The zero-order valence-corrected chi connectivity index (χ0v) is 7.74. The molecule has 0 saturated carbocycles.